The molecular formula is C13H16FN5O2. The van der Waals surface area contributed by atoms with Crippen LogP contribution in [0, 0.1) is 12.7 Å². The zero-order chi connectivity index (χ0) is 15.2. The molecule has 2 heterocycles. The zero-order valence-corrected chi connectivity index (χ0v) is 11.8. The van der Waals surface area contributed by atoms with Crippen molar-refractivity contribution in [3.05, 3.63) is 35.4 Å². The summed E-state index contributed by atoms with van der Waals surface area (Å²) in [5, 5.41) is 9.08. The largest absolute Gasteiger partial charge is 0.368 e. The van der Waals surface area contributed by atoms with Crippen molar-refractivity contribution in [2.45, 2.75) is 20.3 Å². The van der Waals surface area contributed by atoms with Gasteiger partial charge in [-0.2, -0.15) is 4.98 Å². The second-order valence-corrected chi connectivity index (χ2v) is 4.29. The summed E-state index contributed by atoms with van der Waals surface area (Å²) in [6, 6.07) is 1.34. The third-order valence-corrected chi connectivity index (χ3v) is 2.68. The van der Waals surface area contributed by atoms with E-state index in [2.05, 4.69) is 25.8 Å². The Balaban J connectivity index is 1.95. The first kappa shape index (κ1) is 14.9. The molecule has 2 rings (SSSR count). The van der Waals surface area contributed by atoms with Crippen LogP contribution in [0.2, 0.25) is 0 Å². The second-order valence-electron chi connectivity index (χ2n) is 4.29. The third kappa shape index (κ3) is 3.74. The Labute approximate surface area is 121 Å². The molecule has 0 unspecified atom stereocenters. The fourth-order valence-corrected chi connectivity index (χ4v) is 1.74. The van der Waals surface area contributed by atoms with E-state index in [-0.39, 0.29) is 17.9 Å². The molecule has 0 fully saturated rings. The number of carbonyl (C=O) groups excluding carboxylic acids is 1. The summed E-state index contributed by atoms with van der Waals surface area (Å²) < 4.78 is 18.9. The van der Waals surface area contributed by atoms with Crippen LogP contribution in [0.1, 0.15) is 29.0 Å². The highest BCUT2D eigenvalue weighted by molar-refractivity contribution is 5.95. The molecule has 21 heavy (non-hydrogen) atoms. The van der Waals surface area contributed by atoms with Crippen molar-refractivity contribution < 1.29 is 13.7 Å². The standard InChI is InChI=1S/C13H16FN5O2/c1-3-15-12-11(14)9(4-6-16-12)13(20)17-7-5-10-18-8(2)21-19-10/h4,6H,3,5,7H2,1-2H3,(H,15,16)(H,17,20). The topological polar surface area (TPSA) is 92.9 Å². The molecular weight excluding hydrogens is 277 g/mol. The molecule has 2 aromatic heterocycles. The number of halogens is 1. The van der Waals surface area contributed by atoms with Crippen LogP contribution in [0.5, 0.6) is 0 Å². The van der Waals surface area contributed by atoms with E-state index in [1.807, 2.05) is 6.92 Å². The van der Waals surface area contributed by atoms with Gasteiger partial charge in [-0.15, -0.1) is 0 Å². The SMILES string of the molecule is CCNc1nccc(C(=O)NCCc2noc(C)n2)c1F. The summed E-state index contributed by atoms with van der Waals surface area (Å²) in [6.07, 6.45) is 1.80. The third-order valence-electron chi connectivity index (χ3n) is 2.68. The van der Waals surface area contributed by atoms with Gasteiger partial charge in [0.15, 0.2) is 17.5 Å². The molecule has 2 N–H and O–H groups in total. The predicted octanol–water partition coefficient (Wildman–Crippen LogP) is 1.32. The molecule has 8 heteroatoms. The summed E-state index contributed by atoms with van der Waals surface area (Å²) in [5.74, 6) is -0.136. The van der Waals surface area contributed by atoms with E-state index in [1.165, 1.54) is 12.3 Å². The molecule has 0 aromatic carbocycles. The van der Waals surface area contributed by atoms with Gasteiger partial charge in [0, 0.05) is 32.6 Å². The number of nitrogens with one attached hydrogen (secondary N) is 2. The number of hydrogen-bond donors (Lipinski definition) is 2. The van der Waals surface area contributed by atoms with Crippen LogP contribution in [-0.4, -0.2) is 34.1 Å². The number of anilines is 1. The van der Waals surface area contributed by atoms with E-state index in [4.69, 9.17) is 4.52 Å². The maximum absolute atomic E-state index is 14.0. The van der Waals surface area contributed by atoms with E-state index >= 15 is 0 Å². The Hall–Kier alpha value is -2.51. The summed E-state index contributed by atoms with van der Waals surface area (Å²) in [4.78, 5) is 19.8. The van der Waals surface area contributed by atoms with Crippen LogP contribution in [0.4, 0.5) is 10.2 Å². The number of aromatic nitrogens is 3. The summed E-state index contributed by atoms with van der Waals surface area (Å²) in [6.45, 7) is 4.31. The molecule has 2 aromatic rings. The average Bonchev–Trinajstić information content (AvgIpc) is 2.87. The highest BCUT2D eigenvalue weighted by Gasteiger charge is 2.15. The molecule has 0 saturated heterocycles. The monoisotopic (exact) mass is 293 g/mol. The van der Waals surface area contributed by atoms with Gasteiger partial charge in [-0.05, 0) is 13.0 Å². The zero-order valence-electron chi connectivity index (χ0n) is 11.8. The van der Waals surface area contributed by atoms with E-state index < -0.39 is 11.7 Å². The van der Waals surface area contributed by atoms with Crippen LogP contribution in [0.25, 0.3) is 0 Å². The van der Waals surface area contributed by atoms with Crippen molar-refractivity contribution in [1.82, 2.24) is 20.4 Å². The molecule has 0 aliphatic heterocycles. The van der Waals surface area contributed by atoms with Gasteiger partial charge in [0.2, 0.25) is 5.89 Å². The van der Waals surface area contributed by atoms with Gasteiger partial charge < -0.3 is 15.2 Å². The molecule has 7 nitrogen and oxygen atoms in total. The Bertz CT molecular complexity index is 629. The van der Waals surface area contributed by atoms with Crippen molar-refractivity contribution in [3.63, 3.8) is 0 Å². The molecule has 0 spiro atoms. The van der Waals surface area contributed by atoms with Crippen molar-refractivity contribution in [2.24, 2.45) is 0 Å². The Morgan fingerprint density at radius 3 is 2.95 bits per heavy atom. The molecule has 0 saturated carbocycles. The van der Waals surface area contributed by atoms with Crippen LogP contribution in [-0.2, 0) is 6.42 Å². The first-order chi connectivity index (χ1) is 10.1. The second kappa shape index (κ2) is 6.78. The normalized spacial score (nSPS) is 10.4. The fourth-order valence-electron chi connectivity index (χ4n) is 1.74. The summed E-state index contributed by atoms with van der Waals surface area (Å²) in [7, 11) is 0. The Kier molecular flexibility index (Phi) is 4.81. The van der Waals surface area contributed by atoms with E-state index in [0.29, 0.717) is 24.7 Å². The lowest BCUT2D eigenvalue weighted by Gasteiger charge is -2.08. The van der Waals surface area contributed by atoms with E-state index in [1.54, 1.807) is 6.92 Å². The lowest BCUT2D eigenvalue weighted by atomic mass is 10.2. The minimum Gasteiger partial charge on any atom is -0.368 e. The van der Waals surface area contributed by atoms with Gasteiger partial charge in [0.05, 0.1) is 5.56 Å². The van der Waals surface area contributed by atoms with E-state index in [9.17, 15) is 9.18 Å². The average molecular weight is 293 g/mol. The first-order valence-electron chi connectivity index (χ1n) is 6.57. The highest BCUT2D eigenvalue weighted by Crippen LogP contribution is 2.14. The summed E-state index contributed by atoms with van der Waals surface area (Å²) >= 11 is 0. The van der Waals surface area contributed by atoms with Gasteiger partial charge in [0.1, 0.15) is 0 Å². The number of nitrogens with zero attached hydrogens (tertiary/aromatic N) is 3. The van der Waals surface area contributed by atoms with Gasteiger partial charge >= 0.3 is 0 Å². The minimum absolute atomic E-state index is 0.0507. The van der Waals surface area contributed by atoms with Gasteiger partial charge in [-0.25, -0.2) is 9.37 Å². The molecule has 1 amide bonds. The van der Waals surface area contributed by atoms with Gasteiger partial charge in [0.25, 0.3) is 5.91 Å². The highest BCUT2D eigenvalue weighted by atomic mass is 19.1. The van der Waals surface area contributed by atoms with Crippen molar-refractivity contribution in [2.75, 3.05) is 18.4 Å². The smallest absolute Gasteiger partial charge is 0.254 e. The molecule has 0 aliphatic rings. The number of carbonyl (C=O) groups is 1. The van der Waals surface area contributed by atoms with E-state index in [0.717, 1.165) is 0 Å². The van der Waals surface area contributed by atoms with Crippen LogP contribution in [0.15, 0.2) is 16.8 Å². The van der Waals surface area contributed by atoms with Crippen molar-refractivity contribution in [3.8, 4) is 0 Å². The maximum Gasteiger partial charge on any atom is 0.254 e. The summed E-state index contributed by atoms with van der Waals surface area (Å²) in [5.41, 5.74) is -0.0507. The molecule has 0 aliphatic carbocycles. The number of pyridine rings is 1. The number of aryl methyl sites for hydroxylation is 1. The lowest BCUT2D eigenvalue weighted by molar-refractivity contribution is 0.0950. The van der Waals surface area contributed by atoms with Crippen molar-refractivity contribution >= 4 is 11.7 Å². The Morgan fingerprint density at radius 2 is 2.29 bits per heavy atom. The van der Waals surface area contributed by atoms with Crippen LogP contribution in [0.3, 0.4) is 0 Å². The number of hydrogen-bond acceptors (Lipinski definition) is 6. The molecule has 0 radical (unpaired) electrons. The van der Waals surface area contributed by atoms with Gasteiger partial charge in [-0.3, -0.25) is 4.79 Å². The lowest BCUT2D eigenvalue weighted by Crippen LogP contribution is -2.27. The Morgan fingerprint density at radius 1 is 1.48 bits per heavy atom. The predicted molar refractivity (Wildman–Crippen MR) is 73.4 cm³/mol. The molecule has 0 bridgehead atoms. The van der Waals surface area contributed by atoms with Gasteiger partial charge in [-0.1, -0.05) is 5.16 Å². The number of rotatable bonds is 6. The van der Waals surface area contributed by atoms with Crippen molar-refractivity contribution in [1.29, 1.82) is 0 Å². The van der Waals surface area contributed by atoms with Crippen LogP contribution < -0.4 is 10.6 Å². The molecule has 0 atom stereocenters. The quantitative estimate of drug-likeness (QED) is 0.834. The minimum atomic E-state index is -0.660. The van der Waals surface area contributed by atoms with Crippen LogP contribution >= 0.6 is 0 Å². The fraction of sp³-hybridized carbons (Fsp3) is 0.385. The maximum atomic E-state index is 14.0. The molecule has 112 valence electrons. The first-order valence-corrected chi connectivity index (χ1v) is 6.57. The number of amides is 1.